The zero-order chi connectivity index (χ0) is 9.54. The van der Waals surface area contributed by atoms with Crippen LogP contribution in [0.5, 0.6) is 0 Å². The lowest BCUT2D eigenvalue weighted by Crippen LogP contribution is -1.93. The zero-order valence-electron chi connectivity index (χ0n) is 7.38. The predicted octanol–water partition coefficient (Wildman–Crippen LogP) is 1.03. The van der Waals surface area contributed by atoms with E-state index in [1.807, 2.05) is 16.9 Å². The van der Waals surface area contributed by atoms with E-state index in [0.29, 0.717) is 11.7 Å². The summed E-state index contributed by atoms with van der Waals surface area (Å²) in [5, 5.41) is 13.8. The maximum Gasteiger partial charge on any atom is 0.234 e. The summed E-state index contributed by atoms with van der Waals surface area (Å²) in [7, 11) is 0. The molecule has 0 N–H and O–H groups in total. The standard InChI is InChI=1S/C9H7N5/c10-3-8-11-4-6-5-14(7-1-2-7)13-9(6)12-8/h4-5,7H,1-2H2. The van der Waals surface area contributed by atoms with Crippen molar-refractivity contribution < 1.29 is 0 Å². The number of hydrogen-bond acceptors (Lipinski definition) is 4. The van der Waals surface area contributed by atoms with Gasteiger partial charge >= 0.3 is 0 Å². The van der Waals surface area contributed by atoms with Crippen LogP contribution in [0.3, 0.4) is 0 Å². The summed E-state index contributed by atoms with van der Waals surface area (Å²) in [6, 6.07) is 2.44. The van der Waals surface area contributed by atoms with Crippen LogP contribution >= 0.6 is 0 Å². The van der Waals surface area contributed by atoms with Gasteiger partial charge in [0.1, 0.15) is 6.07 Å². The van der Waals surface area contributed by atoms with Crippen molar-refractivity contribution in [3.05, 3.63) is 18.2 Å². The molecule has 0 aliphatic heterocycles. The summed E-state index contributed by atoms with van der Waals surface area (Å²) >= 11 is 0. The topological polar surface area (TPSA) is 67.4 Å². The molecule has 2 aromatic heterocycles. The molecule has 0 saturated heterocycles. The lowest BCUT2D eigenvalue weighted by molar-refractivity contribution is 0.647. The Balaban J connectivity index is 2.18. The summed E-state index contributed by atoms with van der Waals surface area (Å²) < 4.78 is 1.92. The highest BCUT2D eigenvalue weighted by atomic mass is 15.3. The van der Waals surface area contributed by atoms with Crippen molar-refractivity contribution in [2.75, 3.05) is 0 Å². The second kappa shape index (κ2) is 2.51. The second-order valence-electron chi connectivity index (χ2n) is 3.42. The number of nitrogens with zero attached hydrogens (tertiary/aromatic N) is 5. The molecule has 0 radical (unpaired) electrons. The first-order valence-electron chi connectivity index (χ1n) is 4.49. The second-order valence-corrected chi connectivity index (χ2v) is 3.42. The number of rotatable bonds is 1. The van der Waals surface area contributed by atoms with E-state index in [0.717, 1.165) is 5.39 Å². The molecular formula is C9H7N5. The van der Waals surface area contributed by atoms with Gasteiger partial charge in [0, 0.05) is 12.4 Å². The van der Waals surface area contributed by atoms with Crippen molar-refractivity contribution in [3.8, 4) is 6.07 Å². The number of hydrogen-bond donors (Lipinski definition) is 0. The molecule has 0 unspecified atom stereocenters. The summed E-state index contributed by atoms with van der Waals surface area (Å²) in [5.41, 5.74) is 0.614. The molecule has 2 aromatic rings. The van der Waals surface area contributed by atoms with Gasteiger partial charge in [0.25, 0.3) is 0 Å². The van der Waals surface area contributed by atoms with Gasteiger partial charge in [0.05, 0.1) is 11.4 Å². The van der Waals surface area contributed by atoms with Crippen LogP contribution in [0.25, 0.3) is 11.0 Å². The van der Waals surface area contributed by atoms with Crippen molar-refractivity contribution in [1.82, 2.24) is 19.7 Å². The predicted molar refractivity (Wildman–Crippen MR) is 48.3 cm³/mol. The molecule has 1 fully saturated rings. The largest absolute Gasteiger partial charge is 0.267 e. The van der Waals surface area contributed by atoms with E-state index in [2.05, 4.69) is 15.1 Å². The van der Waals surface area contributed by atoms with Crippen LogP contribution in [0.15, 0.2) is 12.4 Å². The van der Waals surface area contributed by atoms with E-state index in [4.69, 9.17) is 5.26 Å². The minimum absolute atomic E-state index is 0.179. The third-order valence-corrected chi connectivity index (χ3v) is 2.30. The lowest BCUT2D eigenvalue weighted by atomic mass is 10.4. The summed E-state index contributed by atoms with van der Waals surface area (Å²) in [6.45, 7) is 0. The van der Waals surface area contributed by atoms with Crippen molar-refractivity contribution in [2.45, 2.75) is 18.9 Å². The Kier molecular flexibility index (Phi) is 1.34. The first kappa shape index (κ1) is 7.44. The Labute approximate surface area is 80.0 Å². The van der Waals surface area contributed by atoms with Gasteiger partial charge in [-0.2, -0.15) is 15.3 Å². The zero-order valence-corrected chi connectivity index (χ0v) is 7.38. The SMILES string of the molecule is N#Cc1ncc2cn(C3CC3)nc2n1. The molecule has 68 valence electrons. The molecule has 0 amide bonds. The van der Waals surface area contributed by atoms with E-state index in [-0.39, 0.29) is 5.82 Å². The number of aromatic nitrogens is 4. The molecule has 1 saturated carbocycles. The number of fused-ring (bicyclic) bond motifs is 1. The van der Waals surface area contributed by atoms with Gasteiger partial charge in [0.2, 0.25) is 5.82 Å². The lowest BCUT2D eigenvalue weighted by Gasteiger charge is -1.91. The fraction of sp³-hybridized carbons (Fsp3) is 0.333. The minimum Gasteiger partial charge on any atom is -0.267 e. The van der Waals surface area contributed by atoms with Crippen LogP contribution in [0.4, 0.5) is 0 Å². The van der Waals surface area contributed by atoms with Crippen LogP contribution in [-0.4, -0.2) is 19.7 Å². The third kappa shape index (κ3) is 1.04. The fourth-order valence-electron chi connectivity index (χ4n) is 1.41. The van der Waals surface area contributed by atoms with Crippen molar-refractivity contribution in [3.63, 3.8) is 0 Å². The minimum atomic E-state index is 0.179. The molecular weight excluding hydrogens is 178 g/mol. The monoisotopic (exact) mass is 185 g/mol. The first-order valence-corrected chi connectivity index (χ1v) is 4.49. The van der Waals surface area contributed by atoms with E-state index in [9.17, 15) is 0 Å². The highest BCUT2D eigenvalue weighted by molar-refractivity contribution is 5.72. The Hall–Kier alpha value is -1.96. The highest BCUT2D eigenvalue weighted by Gasteiger charge is 2.24. The first-order chi connectivity index (χ1) is 6.86. The van der Waals surface area contributed by atoms with E-state index in [1.165, 1.54) is 12.8 Å². The van der Waals surface area contributed by atoms with Crippen LogP contribution in [0.2, 0.25) is 0 Å². The molecule has 0 atom stereocenters. The quantitative estimate of drug-likeness (QED) is 0.665. The Morgan fingerprint density at radius 3 is 3.07 bits per heavy atom. The summed E-state index contributed by atoms with van der Waals surface area (Å²) in [6.07, 6.45) is 5.96. The van der Waals surface area contributed by atoms with Crippen LogP contribution < -0.4 is 0 Å². The van der Waals surface area contributed by atoms with Gasteiger partial charge in [-0.05, 0) is 12.8 Å². The molecule has 0 aromatic carbocycles. The van der Waals surface area contributed by atoms with Crippen LogP contribution in [-0.2, 0) is 0 Å². The normalized spacial score (nSPS) is 15.6. The molecule has 5 nitrogen and oxygen atoms in total. The van der Waals surface area contributed by atoms with E-state index in [1.54, 1.807) is 6.20 Å². The molecule has 5 heteroatoms. The van der Waals surface area contributed by atoms with Crippen molar-refractivity contribution in [1.29, 1.82) is 5.26 Å². The fourth-order valence-corrected chi connectivity index (χ4v) is 1.41. The number of nitriles is 1. The van der Waals surface area contributed by atoms with Gasteiger partial charge in [-0.15, -0.1) is 0 Å². The Morgan fingerprint density at radius 1 is 1.50 bits per heavy atom. The highest BCUT2D eigenvalue weighted by Crippen LogP contribution is 2.34. The Bertz CT molecular complexity index is 532. The van der Waals surface area contributed by atoms with Crippen LogP contribution in [0, 0.1) is 11.3 Å². The molecule has 1 aliphatic carbocycles. The van der Waals surface area contributed by atoms with Crippen molar-refractivity contribution in [2.24, 2.45) is 0 Å². The smallest absolute Gasteiger partial charge is 0.234 e. The van der Waals surface area contributed by atoms with Gasteiger partial charge in [-0.25, -0.2) is 4.98 Å². The third-order valence-electron chi connectivity index (χ3n) is 2.30. The average Bonchev–Trinajstić information content (AvgIpc) is 2.97. The van der Waals surface area contributed by atoms with Gasteiger partial charge in [0.15, 0.2) is 5.65 Å². The van der Waals surface area contributed by atoms with Gasteiger partial charge in [-0.1, -0.05) is 0 Å². The van der Waals surface area contributed by atoms with Gasteiger partial charge in [-0.3, -0.25) is 4.68 Å². The Morgan fingerprint density at radius 2 is 2.36 bits per heavy atom. The van der Waals surface area contributed by atoms with Crippen LogP contribution in [0.1, 0.15) is 24.7 Å². The van der Waals surface area contributed by atoms with E-state index < -0.39 is 0 Å². The maximum atomic E-state index is 8.62. The van der Waals surface area contributed by atoms with Crippen molar-refractivity contribution >= 4 is 11.0 Å². The molecule has 14 heavy (non-hydrogen) atoms. The summed E-state index contributed by atoms with van der Waals surface area (Å²) in [5.74, 6) is 0.179. The average molecular weight is 185 g/mol. The molecule has 0 spiro atoms. The molecule has 2 heterocycles. The molecule has 0 bridgehead atoms. The molecule has 3 rings (SSSR count). The van der Waals surface area contributed by atoms with Gasteiger partial charge < -0.3 is 0 Å². The summed E-state index contributed by atoms with van der Waals surface area (Å²) in [4.78, 5) is 7.91. The molecule has 1 aliphatic rings. The van der Waals surface area contributed by atoms with E-state index >= 15 is 0 Å². The maximum absolute atomic E-state index is 8.62.